The number of anilines is 1. The lowest BCUT2D eigenvalue weighted by molar-refractivity contribution is -0.126. The SMILES string of the molecule is COc1ccc(CN2CC(=O)Nc3ncc(C=CC(=O)N(C)C(C)c4cc5ccccc5[nH]4)cc3C2)cc1.Cl. The molecule has 5 rings (SSSR count). The molecular weight excluding hydrogens is 514 g/mol. The third-order valence-corrected chi connectivity index (χ3v) is 6.92. The molecule has 2 aromatic carbocycles. The molecule has 3 heterocycles. The first kappa shape index (κ1) is 27.9. The van der Waals surface area contributed by atoms with Crippen LogP contribution in [0.25, 0.3) is 17.0 Å². The lowest BCUT2D eigenvalue weighted by Gasteiger charge is -2.22. The quantitative estimate of drug-likeness (QED) is 0.312. The number of nitrogens with one attached hydrogen (secondary N) is 2. The van der Waals surface area contributed by atoms with Crippen LogP contribution in [0.5, 0.6) is 5.75 Å². The highest BCUT2D eigenvalue weighted by molar-refractivity contribution is 5.94. The van der Waals surface area contributed by atoms with Gasteiger partial charge in [0.05, 0.1) is 19.7 Å². The molecule has 0 saturated heterocycles. The maximum Gasteiger partial charge on any atom is 0.246 e. The van der Waals surface area contributed by atoms with Gasteiger partial charge in [-0.25, -0.2) is 4.98 Å². The minimum Gasteiger partial charge on any atom is -0.497 e. The molecule has 1 unspecified atom stereocenters. The van der Waals surface area contributed by atoms with E-state index < -0.39 is 0 Å². The summed E-state index contributed by atoms with van der Waals surface area (Å²) in [5, 5.41) is 4.02. The van der Waals surface area contributed by atoms with E-state index in [1.54, 1.807) is 37.4 Å². The fourth-order valence-corrected chi connectivity index (χ4v) is 4.63. The Kier molecular flexibility index (Phi) is 8.69. The topological polar surface area (TPSA) is 90.6 Å². The predicted molar refractivity (Wildman–Crippen MR) is 156 cm³/mol. The fourth-order valence-electron chi connectivity index (χ4n) is 4.63. The monoisotopic (exact) mass is 545 g/mol. The highest BCUT2D eigenvalue weighted by atomic mass is 35.5. The number of para-hydroxylation sites is 1. The number of fused-ring (bicyclic) bond motifs is 2. The van der Waals surface area contributed by atoms with E-state index >= 15 is 0 Å². The van der Waals surface area contributed by atoms with Crippen LogP contribution in [0.3, 0.4) is 0 Å². The molecule has 4 aromatic rings. The first-order valence-corrected chi connectivity index (χ1v) is 12.6. The van der Waals surface area contributed by atoms with Gasteiger partial charge in [-0.2, -0.15) is 0 Å². The average Bonchev–Trinajstić information content (AvgIpc) is 3.30. The Bertz CT molecular complexity index is 1470. The molecular formula is C30H32ClN5O3. The average molecular weight is 546 g/mol. The number of hydrogen-bond donors (Lipinski definition) is 2. The number of likely N-dealkylation sites (N-methyl/N-ethyl adjacent to an activating group) is 1. The second kappa shape index (κ2) is 12.1. The molecule has 1 aliphatic heterocycles. The second-order valence-corrected chi connectivity index (χ2v) is 9.59. The number of H-pyrrole nitrogens is 1. The summed E-state index contributed by atoms with van der Waals surface area (Å²) in [6.45, 7) is 3.44. The van der Waals surface area contributed by atoms with Gasteiger partial charge in [-0.05, 0) is 59.8 Å². The molecule has 8 nitrogen and oxygen atoms in total. The van der Waals surface area contributed by atoms with Crippen LogP contribution in [0.4, 0.5) is 5.82 Å². The number of aromatic nitrogens is 2. The van der Waals surface area contributed by atoms with Gasteiger partial charge in [-0.15, -0.1) is 12.4 Å². The van der Waals surface area contributed by atoms with Gasteiger partial charge in [-0.1, -0.05) is 30.3 Å². The fraction of sp³-hybridized carbons (Fsp3) is 0.233. The van der Waals surface area contributed by atoms with E-state index in [1.165, 1.54) is 0 Å². The van der Waals surface area contributed by atoms with Crippen molar-refractivity contribution in [1.82, 2.24) is 19.8 Å². The number of pyridine rings is 1. The van der Waals surface area contributed by atoms with Gasteiger partial charge in [0.15, 0.2) is 0 Å². The molecule has 1 atom stereocenters. The molecule has 0 fully saturated rings. The summed E-state index contributed by atoms with van der Waals surface area (Å²) in [6, 6.07) is 19.8. The molecule has 2 amide bonds. The standard InChI is InChI=1S/C30H31N5O3.ClH/c1-20(27-15-23-6-4-5-7-26(23)32-27)34(2)29(37)13-10-22-14-24-18-35(19-28(36)33-30(24)31-16-22)17-21-8-11-25(38-3)12-9-21;/h4-16,20,32H,17-19H2,1-3H3,(H,31,33,36);1H. The summed E-state index contributed by atoms with van der Waals surface area (Å²) < 4.78 is 5.24. The number of rotatable bonds is 7. The highest BCUT2D eigenvalue weighted by Crippen LogP contribution is 2.25. The van der Waals surface area contributed by atoms with Crippen molar-refractivity contribution >= 4 is 47.0 Å². The van der Waals surface area contributed by atoms with E-state index in [-0.39, 0.29) is 36.8 Å². The highest BCUT2D eigenvalue weighted by Gasteiger charge is 2.21. The Morgan fingerprint density at radius 2 is 1.92 bits per heavy atom. The molecule has 2 aromatic heterocycles. The minimum atomic E-state index is -0.119. The third kappa shape index (κ3) is 6.47. The van der Waals surface area contributed by atoms with E-state index in [1.807, 2.05) is 55.5 Å². The molecule has 0 saturated carbocycles. The number of aromatic amines is 1. The van der Waals surface area contributed by atoms with E-state index in [0.717, 1.165) is 39.0 Å². The van der Waals surface area contributed by atoms with Gasteiger partial charge in [0.1, 0.15) is 11.6 Å². The Morgan fingerprint density at radius 3 is 2.67 bits per heavy atom. The van der Waals surface area contributed by atoms with E-state index in [9.17, 15) is 9.59 Å². The molecule has 9 heteroatoms. The van der Waals surface area contributed by atoms with Gasteiger partial charge >= 0.3 is 0 Å². The van der Waals surface area contributed by atoms with Crippen molar-refractivity contribution in [1.29, 1.82) is 0 Å². The van der Waals surface area contributed by atoms with E-state index in [0.29, 0.717) is 18.9 Å². The van der Waals surface area contributed by atoms with Crippen molar-refractivity contribution in [2.75, 3.05) is 26.0 Å². The smallest absolute Gasteiger partial charge is 0.246 e. The Balaban J connectivity index is 0.00000353. The largest absolute Gasteiger partial charge is 0.497 e. The van der Waals surface area contributed by atoms with Crippen molar-refractivity contribution < 1.29 is 14.3 Å². The lowest BCUT2D eigenvalue weighted by atomic mass is 10.1. The Labute approximate surface area is 234 Å². The molecule has 0 spiro atoms. The van der Waals surface area contributed by atoms with Crippen LogP contribution in [-0.4, -0.2) is 52.3 Å². The summed E-state index contributed by atoms with van der Waals surface area (Å²) in [6.07, 6.45) is 5.00. The molecule has 39 heavy (non-hydrogen) atoms. The van der Waals surface area contributed by atoms with Gasteiger partial charge in [0.25, 0.3) is 0 Å². The number of amides is 2. The number of nitrogens with zero attached hydrogens (tertiary/aromatic N) is 3. The van der Waals surface area contributed by atoms with Gasteiger partial charge in [0.2, 0.25) is 11.8 Å². The zero-order chi connectivity index (χ0) is 26.6. The van der Waals surface area contributed by atoms with Gasteiger partial charge in [0, 0.05) is 49.2 Å². The summed E-state index contributed by atoms with van der Waals surface area (Å²) in [5.41, 5.74) is 4.82. The van der Waals surface area contributed by atoms with Crippen molar-refractivity contribution in [2.24, 2.45) is 0 Å². The van der Waals surface area contributed by atoms with Crippen molar-refractivity contribution in [3.8, 4) is 5.75 Å². The van der Waals surface area contributed by atoms with Crippen LogP contribution >= 0.6 is 12.4 Å². The molecule has 0 bridgehead atoms. The molecule has 0 radical (unpaired) electrons. The van der Waals surface area contributed by atoms with Crippen LogP contribution in [0.1, 0.15) is 35.3 Å². The summed E-state index contributed by atoms with van der Waals surface area (Å²) >= 11 is 0. The van der Waals surface area contributed by atoms with Crippen molar-refractivity contribution in [3.63, 3.8) is 0 Å². The number of halogens is 1. The summed E-state index contributed by atoms with van der Waals surface area (Å²) in [7, 11) is 3.44. The first-order chi connectivity index (χ1) is 18.4. The molecule has 0 aliphatic carbocycles. The van der Waals surface area contributed by atoms with E-state index in [4.69, 9.17) is 4.74 Å². The van der Waals surface area contributed by atoms with E-state index in [2.05, 4.69) is 32.3 Å². The van der Waals surface area contributed by atoms with Gasteiger partial charge < -0.3 is 19.9 Å². The van der Waals surface area contributed by atoms with Crippen LogP contribution in [0.15, 0.2) is 72.9 Å². The second-order valence-electron chi connectivity index (χ2n) is 9.59. The lowest BCUT2D eigenvalue weighted by Crippen LogP contribution is -2.29. The normalized spacial score (nSPS) is 14.3. The summed E-state index contributed by atoms with van der Waals surface area (Å²) in [5.74, 6) is 1.14. The number of carbonyl (C=O) groups is 2. The minimum absolute atomic E-state index is 0. The number of ether oxygens (including phenoxy) is 1. The number of carbonyl (C=O) groups excluding carboxylic acids is 2. The van der Waals surface area contributed by atoms with Crippen LogP contribution in [0.2, 0.25) is 0 Å². The zero-order valence-corrected chi connectivity index (χ0v) is 23.0. The number of methoxy groups -OCH3 is 1. The summed E-state index contributed by atoms with van der Waals surface area (Å²) in [4.78, 5) is 37.1. The number of benzene rings is 2. The first-order valence-electron chi connectivity index (χ1n) is 12.6. The maximum absolute atomic E-state index is 13.0. The van der Waals surface area contributed by atoms with Crippen LogP contribution in [-0.2, 0) is 22.7 Å². The van der Waals surface area contributed by atoms with Crippen LogP contribution in [0, 0.1) is 0 Å². The van der Waals surface area contributed by atoms with Crippen molar-refractivity contribution in [2.45, 2.75) is 26.1 Å². The van der Waals surface area contributed by atoms with Gasteiger partial charge in [-0.3, -0.25) is 14.5 Å². The molecule has 1 aliphatic rings. The number of hydrogen-bond acceptors (Lipinski definition) is 5. The molecule has 2 N–H and O–H groups in total. The van der Waals surface area contributed by atoms with Crippen LogP contribution < -0.4 is 10.1 Å². The predicted octanol–water partition coefficient (Wildman–Crippen LogP) is 5.18. The third-order valence-electron chi connectivity index (χ3n) is 6.92. The Morgan fingerprint density at radius 1 is 1.15 bits per heavy atom. The zero-order valence-electron chi connectivity index (χ0n) is 22.2. The van der Waals surface area contributed by atoms with Crippen molar-refractivity contribution in [3.05, 3.63) is 95.3 Å². The Hall–Kier alpha value is -4.14. The maximum atomic E-state index is 13.0. The molecule has 202 valence electrons.